The Labute approximate surface area is 96.5 Å². The van der Waals surface area contributed by atoms with Crippen LogP contribution < -0.4 is 0 Å². The molecule has 1 N–H and O–H groups in total. The molecular formula is C10H12N2OS2. The zero-order chi connectivity index (χ0) is 10.7. The van der Waals surface area contributed by atoms with E-state index in [9.17, 15) is 5.11 Å². The topological polar surface area (TPSA) is 46.0 Å². The van der Waals surface area contributed by atoms with Crippen LogP contribution in [0.4, 0.5) is 0 Å². The summed E-state index contributed by atoms with van der Waals surface area (Å²) in [6.45, 7) is 1.98. The number of aromatic nitrogens is 2. The minimum Gasteiger partial charge on any atom is -0.392 e. The van der Waals surface area contributed by atoms with Crippen LogP contribution >= 0.6 is 22.7 Å². The normalized spacial score (nSPS) is 12.9. The van der Waals surface area contributed by atoms with Crippen LogP contribution in [0.2, 0.25) is 0 Å². The van der Waals surface area contributed by atoms with Crippen LogP contribution in [0.3, 0.4) is 0 Å². The van der Waals surface area contributed by atoms with E-state index in [2.05, 4.69) is 9.97 Å². The Morgan fingerprint density at radius 2 is 2.27 bits per heavy atom. The van der Waals surface area contributed by atoms with Crippen LogP contribution in [-0.2, 0) is 12.8 Å². The molecule has 2 aromatic rings. The summed E-state index contributed by atoms with van der Waals surface area (Å²) in [6.07, 6.45) is 2.75. The first-order chi connectivity index (χ1) is 7.24. The minimum absolute atomic E-state index is 0.355. The van der Waals surface area contributed by atoms with Gasteiger partial charge in [0.2, 0.25) is 0 Å². The fraction of sp³-hybridized carbons (Fsp3) is 0.400. The summed E-state index contributed by atoms with van der Waals surface area (Å²) in [7, 11) is 0. The molecule has 2 heterocycles. The molecule has 0 aliphatic heterocycles. The third kappa shape index (κ3) is 3.09. The lowest BCUT2D eigenvalue weighted by Crippen LogP contribution is -2.13. The molecule has 1 atom stereocenters. The SMILES string of the molecule is Cc1nc(CC(O)Cc2cncs2)cs1. The monoisotopic (exact) mass is 240 g/mol. The molecule has 80 valence electrons. The molecule has 3 nitrogen and oxygen atoms in total. The number of aliphatic hydroxyl groups excluding tert-OH is 1. The van der Waals surface area contributed by atoms with Gasteiger partial charge in [0.1, 0.15) is 0 Å². The second kappa shape index (κ2) is 4.83. The van der Waals surface area contributed by atoms with E-state index in [4.69, 9.17) is 0 Å². The Morgan fingerprint density at radius 3 is 2.87 bits per heavy atom. The third-order valence-electron chi connectivity index (χ3n) is 2.03. The summed E-state index contributed by atoms with van der Waals surface area (Å²) in [6, 6.07) is 0. The molecule has 0 aliphatic rings. The van der Waals surface area contributed by atoms with Crippen molar-refractivity contribution < 1.29 is 5.11 Å². The van der Waals surface area contributed by atoms with E-state index < -0.39 is 0 Å². The standard InChI is InChI=1S/C10H12N2OS2/c1-7-12-8(5-14-7)2-9(13)3-10-4-11-6-15-10/h4-6,9,13H,2-3H2,1H3. The van der Waals surface area contributed by atoms with Gasteiger partial charge in [-0.25, -0.2) is 4.98 Å². The van der Waals surface area contributed by atoms with Gasteiger partial charge < -0.3 is 5.11 Å². The van der Waals surface area contributed by atoms with Crippen molar-refractivity contribution in [3.8, 4) is 0 Å². The predicted octanol–water partition coefficient (Wildman–Crippen LogP) is 2.05. The van der Waals surface area contributed by atoms with Gasteiger partial charge >= 0.3 is 0 Å². The predicted molar refractivity (Wildman–Crippen MR) is 62.4 cm³/mol. The number of hydrogen-bond acceptors (Lipinski definition) is 5. The van der Waals surface area contributed by atoms with E-state index >= 15 is 0 Å². The molecule has 0 aromatic carbocycles. The van der Waals surface area contributed by atoms with Crippen LogP contribution in [0.15, 0.2) is 17.1 Å². The maximum absolute atomic E-state index is 9.83. The zero-order valence-electron chi connectivity index (χ0n) is 8.38. The minimum atomic E-state index is -0.355. The van der Waals surface area contributed by atoms with E-state index in [-0.39, 0.29) is 6.10 Å². The van der Waals surface area contributed by atoms with Gasteiger partial charge in [-0.15, -0.1) is 22.7 Å². The average Bonchev–Trinajstić information content (AvgIpc) is 2.77. The van der Waals surface area contributed by atoms with Crippen LogP contribution in [-0.4, -0.2) is 21.2 Å². The summed E-state index contributed by atoms with van der Waals surface area (Å²) in [4.78, 5) is 9.43. The fourth-order valence-corrected chi connectivity index (χ4v) is 2.68. The molecule has 2 aromatic heterocycles. The molecule has 0 saturated carbocycles. The fourth-order valence-electron chi connectivity index (χ4n) is 1.39. The number of hydrogen-bond donors (Lipinski definition) is 1. The van der Waals surface area contributed by atoms with Gasteiger partial charge in [-0.2, -0.15) is 0 Å². The molecule has 15 heavy (non-hydrogen) atoms. The van der Waals surface area contributed by atoms with Gasteiger partial charge in [0.05, 0.1) is 22.3 Å². The Bertz CT molecular complexity index is 411. The lowest BCUT2D eigenvalue weighted by Gasteiger charge is -2.06. The zero-order valence-corrected chi connectivity index (χ0v) is 10.0. The molecule has 0 fully saturated rings. The van der Waals surface area contributed by atoms with Crippen molar-refractivity contribution in [3.05, 3.63) is 32.7 Å². The van der Waals surface area contributed by atoms with Crippen molar-refractivity contribution in [2.75, 3.05) is 0 Å². The van der Waals surface area contributed by atoms with Gasteiger partial charge in [0.25, 0.3) is 0 Å². The molecule has 2 rings (SSSR count). The quantitative estimate of drug-likeness (QED) is 0.889. The molecule has 1 unspecified atom stereocenters. The second-order valence-corrected chi connectivity index (χ2v) is 5.42. The first-order valence-corrected chi connectivity index (χ1v) is 6.46. The van der Waals surface area contributed by atoms with Crippen LogP contribution in [0.5, 0.6) is 0 Å². The third-order valence-corrected chi connectivity index (χ3v) is 3.66. The number of aliphatic hydroxyl groups is 1. The van der Waals surface area contributed by atoms with E-state index in [1.807, 2.05) is 12.3 Å². The van der Waals surface area contributed by atoms with Gasteiger partial charge in [-0.3, -0.25) is 4.98 Å². The molecule has 0 bridgehead atoms. The maximum Gasteiger partial charge on any atom is 0.0897 e. The Hall–Kier alpha value is -0.780. The molecule has 0 amide bonds. The van der Waals surface area contributed by atoms with E-state index in [0.29, 0.717) is 12.8 Å². The Kier molecular flexibility index (Phi) is 3.45. The smallest absolute Gasteiger partial charge is 0.0897 e. The van der Waals surface area contributed by atoms with E-state index in [1.165, 1.54) is 0 Å². The van der Waals surface area contributed by atoms with Crippen LogP contribution in [0.1, 0.15) is 15.6 Å². The lowest BCUT2D eigenvalue weighted by atomic mass is 10.1. The van der Waals surface area contributed by atoms with Crippen LogP contribution in [0, 0.1) is 6.92 Å². The van der Waals surface area contributed by atoms with E-state index in [1.54, 1.807) is 34.4 Å². The van der Waals surface area contributed by atoms with Crippen molar-refractivity contribution in [1.29, 1.82) is 0 Å². The molecule has 0 spiro atoms. The molecule has 5 heteroatoms. The molecule has 0 radical (unpaired) electrons. The van der Waals surface area contributed by atoms with Crippen molar-refractivity contribution in [3.63, 3.8) is 0 Å². The van der Waals surface area contributed by atoms with Crippen molar-refractivity contribution >= 4 is 22.7 Å². The lowest BCUT2D eigenvalue weighted by molar-refractivity contribution is 0.175. The van der Waals surface area contributed by atoms with Crippen LogP contribution in [0.25, 0.3) is 0 Å². The molecule has 0 saturated heterocycles. The first-order valence-electron chi connectivity index (χ1n) is 4.70. The van der Waals surface area contributed by atoms with Gasteiger partial charge in [0.15, 0.2) is 0 Å². The average molecular weight is 240 g/mol. The summed E-state index contributed by atoms with van der Waals surface area (Å²) in [5.74, 6) is 0. The number of thiazole rings is 2. The summed E-state index contributed by atoms with van der Waals surface area (Å²) >= 11 is 3.20. The van der Waals surface area contributed by atoms with Crippen molar-refractivity contribution in [1.82, 2.24) is 9.97 Å². The van der Waals surface area contributed by atoms with Gasteiger partial charge in [0, 0.05) is 29.3 Å². The number of rotatable bonds is 4. The highest BCUT2D eigenvalue weighted by Gasteiger charge is 2.09. The highest BCUT2D eigenvalue weighted by atomic mass is 32.1. The number of aryl methyl sites for hydroxylation is 1. The molecular weight excluding hydrogens is 228 g/mol. The Balaban J connectivity index is 1.90. The Morgan fingerprint density at radius 1 is 1.40 bits per heavy atom. The summed E-state index contributed by atoms with van der Waals surface area (Å²) in [5, 5.41) is 12.9. The van der Waals surface area contributed by atoms with Gasteiger partial charge in [-0.05, 0) is 6.92 Å². The highest BCUT2D eigenvalue weighted by Crippen LogP contribution is 2.14. The first kappa shape index (κ1) is 10.7. The second-order valence-electron chi connectivity index (χ2n) is 3.39. The van der Waals surface area contributed by atoms with E-state index in [0.717, 1.165) is 15.6 Å². The summed E-state index contributed by atoms with van der Waals surface area (Å²) < 4.78 is 0. The van der Waals surface area contributed by atoms with Crippen molar-refractivity contribution in [2.45, 2.75) is 25.9 Å². The van der Waals surface area contributed by atoms with Gasteiger partial charge in [-0.1, -0.05) is 0 Å². The number of nitrogens with zero attached hydrogens (tertiary/aromatic N) is 2. The molecule has 0 aliphatic carbocycles. The highest BCUT2D eigenvalue weighted by molar-refractivity contribution is 7.09. The largest absolute Gasteiger partial charge is 0.392 e. The summed E-state index contributed by atoms with van der Waals surface area (Å²) in [5.41, 5.74) is 2.77. The maximum atomic E-state index is 9.83. The van der Waals surface area contributed by atoms with Crippen molar-refractivity contribution in [2.24, 2.45) is 0 Å².